The second kappa shape index (κ2) is 4.80. The summed E-state index contributed by atoms with van der Waals surface area (Å²) in [4.78, 5) is -0.637. The predicted molar refractivity (Wildman–Crippen MR) is 58.6 cm³/mol. The first kappa shape index (κ1) is 12.9. The number of halogens is 1. The molecule has 0 atom stereocenters. The zero-order valence-corrected chi connectivity index (χ0v) is 9.72. The maximum Gasteiger partial charge on any atom is 0.182 e. The van der Waals surface area contributed by atoms with Crippen molar-refractivity contribution in [2.45, 2.75) is 17.7 Å². The molecule has 0 saturated heterocycles. The SMILES string of the molecule is CS(=O)(=O)c1c(O)ccc(CCCN)c1F. The van der Waals surface area contributed by atoms with Crippen LogP contribution in [-0.2, 0) is 16.3 Å². The second-order valence-electron chi connectivity index (χ2n) is 3.55. The van der Waals surface area contributed by atoms with Gasteiger partial charge in [-0.2, -0.15) is 0 Å². The molecule has 0 radical (unpaired) electrons. The Morgan fingerprint density at radius 3 is 2.56 bits per heavy atom. The average molecular weight is 247 g/mol. The molecule has 0 bridgehead atoms. The molecule has 16 heavy (non-hydrogen) atoms. The summed E-state index contributed by atoms with van der Waals surface area (Å²) >= 11 is 0. The zero-order valence-electron chi connectivity index (χ0n) is 8.90. The number of aromatic hydroxyl groups is 1. The van der Waals surface area contributed by atoms with Crippen molar-refractivity contribution in [2.75, 3.05) is 12.8 Å². The van der Waals surface area contributed by atoms with Gasteiger partial charge in [-0.05, 0) is 31.0 Å². The van der Waals surface area contributed by atoms with Crippen LogP contribution in [0.25, 0.3) is 0 Å². The largest absolute Gasteiger partial charge is 0.506 e. The van der Waals surface area contributed by atoms with Crippen molar-refractivity contribution in [3.8, 4) is 5.75 Å². The molecule has 0 aliphatic heterocycles. The van der Waals surface area contributed by atoms with Crippen LogP contribution < -0.4 is 5.73 Å². The number of aryl methyl sites for hydroxylation is 1. The van der Waals surface area contributed by atoms with Crippen LogP contribution in [0, 0.1) is 5.82 Å². The molecule has 1 rings (SSSR count). The van der Waals surface area contributed by atoms with E-state index in [1.165, 1.54) is 12.1 Å². The molecule has 1 aromatic carbocycles. The van der Waals surface area contributed by atoms with Crippen molar-refractivity contribution in [2.24, 2.45) is 5.73 Å². The second-order valence-corrected chi connectivity index (χ2v) is 5.50. The van der Waals surface area contributed by atoms with Gasteiger partial charge in [0.15, 0.2) is 9.84 Å². The van der Waals surface area contributed by atoms with Crippen LogP contribution in [-0.4, -0.2) is 26.3 Å². The summed E-state index contributed by atoms with van der Waals surface area (Å²) in [5, 5.41) is 9.33. The highest BCUT2D eigenvalue weighted by molar-refractivity contribution is 7.90. The molecule has 1 aromatic rings. The van der Waals surface area contributed by atoms with Gasteiger partial charge in [-0.15, -0.1) is 0 Å². The molecule has 0 amide bonds. The van der Waals surface area contributed by atoms with Crippen LogP contribution in [0.15, 0.2) is 17.0 Å². The molecule has 0 fully saturated rings. The average Bonchev–Trinajstić information content (AvgIpc) is 2.14. The summed E-state index contributed by atoms with van der Waals surface area (Å²) in [5.74, 6) is -1.44. The summed E-state index contributed by atoms with van der Waals surface area (Å²) in [5.41, 5.74) is 5.54. The molecule has 0 aliphatic carbocycles. The van der Waals surface area contributed by atoms with Gasteiger partial charge in [0.1, 0.15) is 16.5 Å². The lowest BCUT2D eigenvalue weighted by Crippen LogP contribution is -2.06. The Kier molecular flexibility index (Phi) is 3.88. The lowest BCUT2D eigenvalue weighted by Gasteiger charge is -2.08. The van der Waals surface area contributed by atoms with E-state index in [9.17, 15) is 17.9 Å². The Labute approximate surface area is 93.8 Å². The van der Waals surface area contributed by atoms with E-state index in [-0.39, 0.29) is 5.56 Å². The molecular formula is C10H14FNO3S. The minimum atomic E-state index is -3.77. The lowest BCUT2D eigenvalue weighted by atomic mass is 10.1. The number of sulfone groups is 1. The number of benzene rings is 1. The molecule has 4 nitrogen and oxygen atoms in total. The molecule has 0 aliphatic rings. The smallest absolute Gasteiger partial charge is 0.182 e. The van der Waals surface area contributed by atoms with Crippen molar-refractivity contribution < 1.29 is 17.9 Å². The molecule has 0 spiro atoms. The van der Waals surface area contributed by atoms with E-state index in [0.29, 0.717) is 19.4 Å². The van der Waals surface area contributed by atoms with Gasteiger partial charge in [0.05, 0.1) is 0 Å². The van der Waals surface area contributed by atoms with Gasteiger partial charge < -0.3 is 10.8 Å². The van der Waals surface area contributed by atoms with E-state index in [0.717, 1.165) is 6.26 Å². The summed E-state index contributed by atoms with van der Waals surface area (Å²) < 4.78 is 36.3. The third-order valence-corrected chi connectivity index (χ3v) is 3.31. The van der Waals surface area contributed by atoms with Gasteiger partial charge >= 0.3 is 0 Å². The fourth-order valence-corrected chi connectivity index (χ4v) is 2.33. The van der Waals surface area contributed by atoms with Crippen molar-refractivity contribution in [3.05, 3.63) is 23.5 Å². The van der Waals surface area contributed by atoms with Crippen LogP contribution in [0.1, 0.15) is 12.0 Å². The van der Waals surface area contributed by atoms with Crippen molar-refractivity contribution in [3.63, 3.8) is 0 Å². The first-order valence-corrected chi connectivity index (χ1v) is 6.67. The lowest BCUT2D eigenvalue weighted by molar-refractivity contribution is 0.442. The van der Waals surface area contributed by atoms with Crippen LogP contribution in [0.4, 0.5) is 4.39 Å². The van der Waals surface area contributed by atoms with E-state index >= 15 is 0 Å². The summed E-state index contributed by atoms with van der Waals surface area (Å²) in [6, 6.07) is 2.56. The molecule has 0 heterocycles. The number of phenolic OH excluding ortho intramolecular Hbond substituents is 1. The normalized spacial score (nSPS) is 11.7. The molecule has 90 valence electrons. The highest BCUT2D eigenvalue weighted by atomic mass is 32.2. The first-order chi connectivity index (χ1) is 7.38. The van der Waals surface area contributed by atoms with Gasteiger partial charge in [0, 0.05) is 6.26 Å². The van der Waals surface area contributed by atoms with Gasteiger partial charge in [-0.25, -0.2) is 12.8 Å². The minimum Gasteiger partial charge on any atom is -0.506 e. The highest BCUT2D eigenvalue weighted by Crippen LogP contribution is 2.28. The van der Waals surface area contributed by atoms with E-state index in [1.807, 2.05) is 0 Å². The predicted octanol–water partition coefficient (Wildman–Crippen LogP) is 0.826. The van der Waals surface area contributed by atoms with E-state index < -0.39 is 26.3 Å². The molecule has 6 heteroatoms. The Morgan fingerprint density at radius 2 is 2.06 bits per heavy atom. The van der Waals surface area contributed by atoms with Crippen molar-refractivity contribution >= 4 is 9.84 Å². The van der Waals surface area contributed by atoms with Crippen LogP contribution in [0.3, 0.4) is 0 Å². The number of nitrogens with two attached hydrogens (primary N) is 1. The van der Waals surface area contributed by atoms with Crippen LogP contribution in [0.2, 0.25) is 0 Å². The summed E-state index contributed by atoms with van der Waals surface area (Å²) in [6.45, 7) is 0.397. The first-order valence-electron chi connectivity index (χ1n) is 4.78. The molecule has 0 saturated carbocycles. The Morgan fingerprint density at radius 1 is 1.44 bits per heavy atom. The summed E-state index contributed by atoms with van der Waals surface area (Å²) in [6.07, 6.45) is 1.77. The van der Waals surface area contributed by atoms with Crippen molar-refractivity contribution in [1.29, 1.82) is 0 Å². The van der Waals surface area contributed by atoms with Crippen LogP contribution >= 0.6 is 0 Å². The number of rotatable bonds is 4. The molecule has 0 unspecified atom stereocenters. The molecule has 3 N–H and O–H groups in total. The van der Waals surface area contributed by atoms with Gasteiger partial charge in [0.25, 0.3) is 0 Å². The molecular weight excluding hydrogens is 233 g/mol. The maximum absolute atomic E-state index is 13.8. The van der Waals surface area contributed by atoms with E-state index in [4.69, 9.17) is 5.73 Å². The van der Waals surface area contributed by atoms with Crippen LogP contribution in [0.5, 0.6) is 5.75 Å². The van der Waals surface area contributed by atoms with Gasteiger partial charge in [0.2, 0.25) is 0 Å². The van der Waals surface area contributed by atoms with Crippen molar-refractivity contribution in [1.82, 2.24) is 0 Å². The molecule has 0 aromatic heterocycles. The highest BCUT2D eigenvalue weighted by Gasteiger charge is 2.21. The number of hydrogen-bond donors (Lipinski definition) is 2. The topological polar surface area (TPSA) is 80.4 Å². The standard InChI is InChI=1S/C10H14FNO3S/c1-16(14,15)10-8(13)5-4-7(9(10)11)3-2-6-12/h4-5,13H,2-3,6,12H2,1H3. The zero-order chi connectivity index (χ0) is 12.3. The Hall–Kier alpha value is -1.14. The third-order valence-electron chi connectivity index (χ3n) is 2.18. The fourth-order valence-electron chi connectivity index (χ4n) is 1.42. The Balaban J connectivity index is 3.28. The fraction of sp³-hybridized carbons (Fsp3) is 0.400. The van der Waals surface area contributed by atoms with Gasteiger partial charge in [-0.3, -0.25) is 0 Å². The quantitative estimate of drug-likeness (QED) is 0.825. The number of hydrogen-bond acceptors (Lipinski definition) is 4. The van der Waals surface area contributed by atoms with Gasteiger partial charge in [-0.1, -0.05) is 6.07 Å². The van der Waals surface area contributed by atoms with E-state index in [2.05, 4.69) is 0 Å². The third kappa shape index (κ3) is 2.70. The summed E-state index contributed by atoms with van der Waals surface area (Å²) in [7, 11) is -3.77. The maximum atomic E-state index is 13.8. The Bertz CT molecular complexity index is 485. The number of phenols is 1. The monoisotopic (exact) mass is 247 g/mol. The van der Waals surface area contributed by atoms with E-state index in [1.54, 1.807) is 0 Å². The minimum absolute atomic E-state index is 0.253.